The number of halogens is 2. The molecule has 1 unspecified atom stereocenters. The summed E-state index contributed by atoms with van der Waals surface area (Å²) in [5, 5.41) is 10.5. The van der Waals surface area contributed by atoms with Gasteiger partial charge in [-0.25, -0.2) is 4.39 Å². The lowest BCUT2D eigenvalue weighted by molar-refractivity contribution is -0.158. The van der Waals surface area contributed by atoms with Crippen molar-refractivity contribution in [3.05, 3.63) is 34.6 Å². The number of nitrogens with zero attached hydrogens (tertiary/aromatic N) is 1. The van der Waals surface area contributed by atoms with E-state index in [1.807, 2.05) is 0 Å². The van der Waals surface area contributed by atoms with Crippen LogP contribution < -0.4 is 0 Å². The van der Waals surface area contributed by atoms with E-state index in [2.05, 4.69) is 0 Å². The number of amides is 1. The summed E-state index contributed by atoms with van der Waals surface area (Å²) in [5.41, 5.74) is -0.482. The zero-order valence-corrected chi connectivity index (χ0v) is 13.0. The van der Waals surface area contributed by atoms with Crippen molar-refractivity contribution in [1.82, 2.24) is 4.90 Å². The maximum Gasteiger partial charge on any atom is 0.254 e. The fraction of sp³-hybridized carbons (Fsp3) is 0.562. The van der Waals surface area contributed by atoms with Crippen molar-refractivity contribution in [2.24, 2.45) is 0 Å². The molecular weight excluding hydrogens is 309 g/mol. The van der Waals surface area contributed by atoms with Gasteiger partial charge in [0.15, 0.2) is 0 Å². The number of rotatable bonds is 2. The Kier molecular flexibility index (Phi) is 4.39. The van der Waals surface area contributed by atoms with Crippen molar-refractivity contribution in [3.63, 3.8) is 0 Å². The summed E-state index contributed by atoms with van der Waals surface area (Å²) < 4.78 is 18.9. The van der Waals surface area contributed by atoms with Crippen LogP contribution in [-0.4, -0.2) is 41.2 Å². The first kappa shape index (κ1) is 15.7. The highest BCUT2D eigenvalue weighted by atomic mass is 35.5. The zero-order chi connectivity index (χ0) is 15.7. The number of benzene rings is 1. The van der Waals surface area contributed by atoms with Gasteiger partial charge in [-0.1, -0.05) is 17.7 Å². The maximum absolute atomic E-state index is 13.3. The third kappa shape index (κ3) is 2.98. The van der Waals surface area contributed by atoms with E-state index in [0.29, 0.717) is 32.5 Å². The van der Waals surface area contributed by atoms with Crippen molar-refractivity contribution in [2.45, 2.75) is 37.4 Å². The highest BCUT2D eigenvalue weighted by Crippen LogP contribution is 2.33. The second-order valence-corrected chi connectivity index (χ2v) is 6.43. The monoisotopic (exact) mass is 327 g/mol. The molecule has 1 heterocycles. The molecule has 0 aromatic heterocycles. The zero-order valence-electron chi connectivity index (χ0n) is 12.2. The molecule has 6 heteroatoms. The van der Waals surface area contributed by atoms with Crippen molar-refractivity contribution < 1.29 is 19.0 Å². The third-order valence-electron chi connectivity index (χ3n) is 4.50. The third-order valence-corrected chi connectivity index (χ3v) is 4.79. The van der Waals surface area contributed by atoms with Gasteiger partial charge in [0.1, 0.15) is 17.5 Å². The second kappa shape index (κ2) is 6.14. The molecule has 1 amide bonds. The summed E-state index contributed by atoms with van der Waals surface area (Å²) in [6.45, 7) is 1.21. The molecule has 1 saturated carbocycles. The van der Waals surface area contributed by atoms with Crippen molar-refractivity contribution in [2.75, 3.05) is 19.7 Å². The fourth-order valence-corrected chi connectivity index (χ4v) is 3.41. The summed E-state index contributed by atoms with van der Waals surface area (Å²) in [6, 6.07) is 4.44. The molecule has 1 aliphatic heterocycles. The van der Waals surface area contributed by atoms with Gasteiger partial charge in [0.2, 0.25) is 0 Å². The topological polar surface area (TPSA) is 49.8 Å². The first-order valence-corrected chi connectivity index (χ1v) is 7.96. The van der Waals surface area contributed by atoms with Crippen LogP contribution in [0.4, 0.5) is 4.39 Å². The van der Waals surface area contributed by atoms with Gasteiger partial charge in [0.05, 0.1) is 18.2 Å². The summed E-state index contributed by atoms with van der Waals surface area (Å²) in [7, 11) is 0. The van der Waals surface area contributed by atoms with Crippen LogP contribution in [0.2, 0.25) is 5.02 Å². The Bertz CT molecular complexity index is 575. The summed E-state index contributed by atoms with van der Waals surface area (Å²) in [6.07, 6.45) is 2.46. The van der Waals surface area contributed by atoms with E-state index in [1.54, 1.807) is 11.0 Å². The lowest BCUT2D eigenvalue weighted by Crippen LogP contribution is -2.51. The highest BCUT2D eigenvalue weighted by Gasteiger charge is 2.42. The Morgan fingerprint density at radius 1 is 1.41 bits per heavy atom. The molecule has 1 saturated heterocycles. The molecule has 1 aliphatic carbocycles. The van der Waals surface area contributed by atoms with E-state index < -0.39 is 11.4 Å². The maximum atomic E-state index is 13.3. The fourth-order valence-electron chi connectivity index (χ4n) is 3.22. The van der Waals surface area contributed by atoms with Crippen LogP contribution in [0, 0.1) is 5.82 Å². The molecule has 1 aromatic carbocycles. The van der Waals surface area contributed by atoms with Gasteiger partial charge in [-0.05, 0) is 43.4 Å². The second-order valence-electron chi connectivity index (χ2n) is 6.02. The van der Waals surface area contributed by atoms with Gasteiger partial charge in [-0.2, -0.15) is 0 Å². The van der Waals surface area contributed by atoms with Crippen LogP contribution in [0.25, 0.3) is 0 Å². The normalized spacial score (nSPS) is 24.5. The standard InChI is InChI=1S/C16H19ClFNO3/c17-12-9-11(3-4-13(12)18)14-10-19(7-8-22-14)15(20)16(21)5-1-2-6-16/h3-4,9,14,21H,1-2,5-8,10H2. The van der Waals surface area contributed by atoms with Crippen molar-refractivity contribution >= 4 is 17.5 Å². The van der Waals surface area contributed by atoms with Gasteiger partial charge in [0, 0.05) is 6.54 Å². The SMILES string of the molecule is O=C(N1CCOC(c2ccc(F)c(Cl)c2)C1)C1(O)CCCC1. The van der Waals surface area contributed by atoms with Crippen molar-refractivity contribution in [1.29, 1.82) is 0 Å². The Hall–Kier alpha value is -1.17. The minimum Gasteiger partial charge on any atom is -0.380 e. The highest BCUT2D eigenvalue weighted by molar-refractivity contribution is 6.30. The van der Waals surface area contributed by atoms with Crippen LogP contribution in [0.1, 0.15) is 37.4 Å². The molecule has 0 bridgehead atoms. The minimum absolute atomic E-state index is 0.0407. The van der Waals surface area contributed by atoms with Gasteiger partial charge >= 0.3 is 0 Å². The molecule has 4 nitrogen and oxygen atoms in total. The Morgan fingerprint density at radius 3 is 2.82 bits per heavy atom. The van der Waals surface area contributed by atoms with E-state index >= 15 is 0 Å². The van der Waals surface area contributed by atoms with E-state index in [-0.39, 0.29) is 17.0 Å². The molecule has 1 N–H and O–H groups in total. The number of carbonyl (C=O) groups is 1. The number of ether oxygens (including phenoxy) is 1. The molecule has 0 radical (unpaired) electrons. The Labute approximate surface area is 133 Å². The molecule has 1 atom stereocenters. The van der Waals surface area contributed by atoms with E-state index in [0.717, 1.165) is 18.4 Å². The minimum atomic E-state index is -1.22. The first-order chi connectivity index (χ1) is 10.5. The van der Waals surface area contributed by atoms with Crippen molar-refractivity contribution in [3.8, 4) is 0 Å². The number of morpholine rings is 1. The average Bonchev–Trinajstić information content (AvgIpc) is 2.97. The van der Waals surface area contributed by atoms with E-state index in [4.69, 9.17) is 16.3 Å². The van der Waals surface area contributed by atoms with Crippen LogP contribution in [0.5, 0.6) is 0 Å². The first-order valence-electron chi connectivity index (χ1n) is 7.58. The Balaban J connectivity index is 1.73. The molecular formula is C16H19ClFNO3. The number of aliphatic hydroxyl groups is 1. The molecule has 2 fully saturated rings. The summed E-state index contributed by atoms with van der Waals surface area (Å²) in [5.74, 6) is -0.694. The van der Waals surface area contributed by atoms with Crippen LogP contribution >= 0.6 is 11.6 Å². The van der Waals surface area contributed by atoms with Crippen LogP contribution in [0.15, 0.2) is 18.2 Å². The average molecular weight is 328 g/mol. The molecule has 22 heavy (non-hydrogen) atoms. The smallest absolute Gasteiger partial charge is 0.254 e. The number of hydrogen-bond acceptors (Lipinski definition) is 3. The molecule has 0 spiro atoms. The van der Waals surface area contributed by atoms with Gasteiger partial charge < -0.3 is 14.7 Å². The largest absolute Gasteiger partial charge is 0.380 e. The number of carbonyl (C=O) groups excluding carboxylic acids is 1. The summed E-state index contributed by atoms with van der Waals surface area (Å²) in [4.78, 5) is 14.2. The molecule has 1 aromatic rings. The lowest BCUT2D eigenvalue weighted by atomic mass is 9.99. The van der Waals surface area contributed by atoms with E-state index in [1.165, 1.54) is 12.1 Å². The quantitative estimate of drug-likeness (QED) is 0.908. The Morgan fingerprint density at radius 2 is 2.14 bits per heavy atom. The van der Waals surface area contributed by atoms with Crippen LogP contribution in [-0.2, 0) is 9.53 Å². The molecule has 2 aliphatic rings. The van der Waals surface area contributed by atoms with Gasteiger partial charge in [-0.15, -0.1) is 0 Å². The predicted octanol–water partition coefficient (Wildman–Crippen LogP) is 2.68. The molecule has 3 rings (SSSR count). The predicted molar refractivity (Wildman–Crippen MR) is 80.1 cm³/mol. The number of hydrogen-bond donors (Lipinski definition) is 1. The van der Waals surface area contributed by atoms with Gasteiger partial charge in [-0.3, -0.25) is 4.79 Å². The van der Waals surface area contributed by atoms with Gasteiger partial charge in [0.25, 0.3) is 5.91 Å². The molecule has 120 valence electrons. The van der Waals surface area contributed by atoms with E-state index in [9.17, 15) is 14.3 Å². The van der Waals surface area contributed by atoms with Crippen LogP contribution in [0.3, 0.4) is 0 Å². The lowest BCUT2D eigenvalue weighted by Gasteiger charge is -2.37. The summed E-state index contributed by atoms with van der Waals surface area (Å²) >= 11 is 5.81.